The minimum atomic E-state index is -0.386. The zero-order valence-electron chi connectivity index (χ0n) is 16.1. The van der Waals surface area contributed by atoms with E-state index in [-0.39, 0.29) is 5.91 Å². The molecule has 0 saturated heterocycles. The SMILES string of the molecule is COc1cc(Cl)c(OC)c(NC(=O)c2sc3nc(-c4ccncc4)ccc3c2N)c1. The average molecular weight is 441 g/mol. The predicted octanol–water partition coefficient (Wildman–Crippen LogP) is 4.86. The van der Waals surface area contributed by atoms with Crippen molar-refractivity contribution in [3.63, 3.8) is 0 Å². The Morgan fingerprint density at radius 2 is 1.90 bits per heavy atom. The van der Waals surface area contributed by atoms with Crippen molar-refractivity contribution < 1.29 is 14.3 Å². The Balaban J connectivity index is 1.71. The number of carbonyl (C=O) groups is 1. The maximum Gasteiger partial charge on any atom is 0.268 e. The molecule has 0 atom stereocenters. The van der Waals surface area contributed by atoms with Gasteiger partial charge in [-0.1, -0.05) is 11.6 Å². The first-order valence-corrected chi connectivity index (χ1v) is 10.0. The second-order valence-electron chi connectivity index (χ2n) is 6.27. The highest BCUT2D eigenvalue weighted by molar-refractivity contribution is 7.21. The normalized spacial score (nSPS) is 10.8. The standard InChI is InChI=1S/C21H17ClN4O3S/c1-28-12-9-14(22)18(29-2)16(10-12)25-20(27)19-17(23)13-3-4-15(26-21(13)30-19)11-5-7-24-8-6-11/h3-10H,23H2,1-2H3,(H,25,27). The summed E-state index contributed by atoms with van der Waals surface area (Å²) in [5.41, 5.74) is 8.72. The van der Waals surface area contributed by atoms with Crippen LogP contribution in [0.25, 0.3) is 21.5 Å². The maximum atomic E-state index is 13.0. The molecular formula is C21H17ClN4O3S. The fourth-order valence-electron chi connectivity index (χ4n) is 3.02. The van der Waals surface area contributed by atoms with Crippen LogP contribution in [-0.2, 0) is 0 Å². The summed E-state index contributed by atoms with van der Waals surface area (Å²) in [6, 6.07) is 10.7. The molecule has 3 aromatic heterocycles. The van der Waals surface area contributed by atoms with Crippen molar-refractivity contribution in [3.05, 3.63) is 58.7 Å². The molecular weight excluding hydrogens is 424 g/mol. The Bertz CT molecular complexity index is 1240. The van der Waals surface area contributed by atoms with E-state index in [0.29, 0.717) is 37.6 Å². The van der Waals surface area contributed by atoms with Gasteiger partial charge in [0, 0.05) is 35.5 Å². The summed E-state index contributed by atoms with van der Waals surface area (Å²) in [6.45, 7) is 0. The summed E-state index contributed by atoms with van der Waals surface area (Å²) in [7, 11) is 2.99. The molecule has 4 aromatic rings. The molecule has 0 aliphatic heterocycles. The van der Waals surface area contributed by atoms with Crippen LogP contribution < -0.4 is 20.5 Å². The molecule has 0 saturated carbocycles. The van der Waals surface area contributed by atoms with Crippen LogP contribution in [-0.4, -0.2) is 30.1 Å². The lowest BCUT2D eigenvalue weighted by Gasteiger charge is -2.13. The van der Waals surface area contributed by atoms with Gasteiger partial charge in [0.05, 0.1) is 36.3 Å². The molecule has 0 radical (unpaired) electrons. The average Bonchev–Trinajstić information content (AvgIpc) is 3.10. The van der Waals surface area contributed by atoms with Gasteiger partial charge in [-0.3, -0.25) is 9.78 Å². The van der Waals surface area contributed by atoms with Crippen LogP contribution in [0.5, 0.6) is 11.5 Å². The van der Waals surface area contributed by atoms with Gasteiger partial charge in [0.25, 0.3) is 5.91 Å². The number of carbonyl (C=O) groups excluding carboxylic acids is 1. The smallest absolute Gasteiger partial charge is 0.268 e. The van der Waals surface area contributed by atoms with E-state index in [0.717, 1.165) is 16.6 Å². The molecule has 0 aliphatic rings. The first kappa shape index (κ1) is 19.9. The zero-order chi connectivity index (χ0) is 21.3. The number of rotatable bonds is 5. The molecule has 0 spiro atoms. The number of ether oxygens (including phenoxy) is 2. The lowest BCUT2D eigenvalue weighted by atomic mass is 10.1. The molecule has 7 nitrogen and oxygen atoms in total. The Labute approximate surface area is 181 Å². The van der Waals surface area contributed by atoms with Gasteiger partial charge in [-0.25, -0.2) is 4.98 Å². The minimum absolute atomic E-state index is 0.320. The van der Waals surface area contributed by atoms with E-state index in [4.69, 9.17) is 26.8 Å². The fourth-order valence-corrected chi connectivity index (χ4v) is 4.29. The van der Waals surface area contributed by atoms with Gasteiger partial charge < -0.3 is 20.5 Å². The second kappa shape index (κ2) is 8.17. The van der Waals surface area contributed by atoms with Gasteiger partial charge in [0.2, 0.25) is 0 Å². The summed E-state index contributed by atoms with van der Waals surface area (Å²) in [4.78, 5) is 22.7. The monoisotopic (exact) mass is 440 g/mol. The number of nitrogens with one attached hydrogen (secondary N) is 1. The third kappa shape index (κ3) is 3.62. The van der Waals surface area contributed by atoms with E-state index in [1.807, 2.05) is 24.3 Å². The number of nitrogen functional groups attached to an aromatic ring is 1. The Morgan fingerprint density at radius 3 is 2.60 bits per heavy atom. The number of nitrogens with two attached hydrogens (primary N) is 1. The van der Waals surface area contributed by atoms with Gasteiger partial charge in [-0.05, 0) is 24.3 Å². The predicted molar refractivity (Wildman–Crippen MR) is 120 cm³/mol. The number of thiophene rings is 1. The van der Waals surface area contributed by atoms with E-state index in [1.165, 1.54) is 25.6 Å². The molecule has 4 rings (SSSR count). The molecule has 152 valence electrons. The van der Waals surface area contributed by atoms with Crippen molar-refractivity contribution in [3.8, 4) is 22.8 Å². The number of pyridine rings is 2. The Morgan fingerprint density at radius 1 is 1.13 bits per heavy atom. The topological polar surface area (TPSA) is 99.4 Å². The number of methoxy groups -OCH3 is 2. The van der Waals surface area contributed by atoms with E-state index in [9.17, 15) is 4.79 Å². The van der Waals surface area contributed by atoms with Crippen molar-refractivity contribution >= 4 is 50.4 Å². The highest BCUT2D eigenvalue weighted by Gasteiger charge is 2.20. The summed E-state index contributed by atoms with van der Waals surface area (Å²) in [6.07, 6.45) is 3.41. The van der Waals surface area contributed by atoms with Gasteiger partial charge in [0.1, 0.15) is 15.5 Å². The van der Waals surface area contributed by atoms with E-state index < -0.39 is 0 Å². The van der Waals surface area contributed by atoms with Crippen molar-refractivity contribution in [2.45, 2.75) is 0 Å². The van der Waals surface area contributed by atoms with Gasteiger partial charge in [-0.2, -0.15) is 0 Å². The molecule has 0 unspecified atom stereocenters. The third-order valence-corrected chi connectivity index (χ3v) is 5.88. The number of nitrogens with zero attached hydrogens (tertiary/aromatic N) is 2. The van der Waals surface area contributed by atoms with Gasteiger partial charge in [-0.15, -0.1) is 11.3 Å². The minimum Gasteiger partial charge on any atom is -0.497 e. The maximum absolute atomic E-state index is 13.0. The van der Waals surface area contributed by atoms with Crippen LogP contribution >= 0.6 is 22.9 Å². The van der Waals surface area contributed by atoms with E-state index in [2.05, 4.69) is 15.3 Å². The third-order valence-electron chi connectivity index (χ3n) is 4.48. The summed E-state index contributed by atoms with van der Waals surface area (Å²) < 4.78 is 10.5. The molecule has 3 heterocycles. The fraction of sp³-hybridized carbons (Fsp3) is 0.0952. The van der Waals surface area contributed by atoms with Gasteiger partial charge >= 0.3 is 0 Å². The van der Waals surface area contributed by atoms with E-state index >= 15 is 0 Å². The highest BCUT2D eigenvalue weighted by atomic mass is 35.5. The molecule has 3 N–H and O–H groups in total. The molecule has 0 aliphatic carbocycles. The molecule has 1 aromatic carbocycles. The highest BCUT2D eigenvalue weighted by Crippen LogP contribution is 2.39. The zero-order valence-corrected chi connectivity index (χ0v) is 17.7. The van der Waals surface area contributed by atoms with Crippen molar-refractivity contribution in [1.82, 2.24) is 9.97 Å². The second-order valence-corrected chi connectivity index (χ2v) is 7.68. The van der Waals surface area contributed by atoms with Crippen LogP contribution in [0.1, 0.15) is 9.67 Å². The number of hydrogen-bond acceptors (Lipinski definition) is 7. The molecule has 30 heavy (non-hydrogen) atoms. The Kier molecular flexibility index (Phi) is 5.43. The Hall–Kier alpha value is -3.36. The van der Waals surface area contributed by atoms with Crippen LogP contribution in [0.2, 0.25) is 5.02 Å². The van der Waals surface area contributed by atoms with Crippen LogP contribution in [0.15, 0.2) is 48.8 Å². The number of benzene rings is 1. The number of aromatic nitrogens is 2. The van der Waals surface area contributed by atoms with Crippen molar-refractivity contribution in [2.75, 3.05) is 25.3 Å². The van der Waals surface area contributed by atoms with Crippen LogP contribution in [0, 0.1) is 0 Å². The van der Waals surface area contributed by atoms with E-state index in [1.54, 1.807) is 24.5 Å². The number of anilines is 2. The summed E-state index contributed by atoms with van der Waals surface area (Å²) >= 11 is 7.44. The lowest BCUT2D eigenvalue weighted by Crippen LogP contribution is -2.13. The number of amides is 1. The number of hydrogen-bond donors (Lipinski definition) is 2. The summed E-state index contributed by atoms with van der Waals surface area (Å²) in [5.74, 6) is 0.441. The first-order chi connectivity index (χ1) is 14.5. The molecule has 1 amide bonds. The first-order valence-electron chi connectivity index (χ1n) is 8.84. The molecule has 9 heteroatoms. The van der Waals surface area contributed by atoms with Crippen molar-refractivity contribution in [2.24, 2.45) is 0 Å². The molecule has 0 fully saturated rings. The number of fused-ring (bicyclic) bond motifs is 1. The molecule has 0 bridgehead atoms. The van der Waals surface area contributed by atoms with Crippen molar-refractivity contribution in [1.29, 1.82) is 0 Å². The van der Waals surface area contributed by atoms with Gasteiger partial charge in [0.15, 0.2) is 5.75 Å². The number of halogens is 1. The van der Waals surface area contributed by atoms with Crippen LogP contribution in [0.3, 0.4) is 0 Å². The lowest BCUT2D eigenvalue weighted by molar-refractivity contribution is 0.103. The van der Waals surface area contributed by atoms with Crippen LogP contribution in [0.4, 0.5) is 11.4 Å². The largest absolute Gasteiger partial charge is 0.497 e. The summed E-state index contributed by atoms with van der Waals surface area (Å²) in [5, 5.41) is 3.85. The quantitative estimate of drug-likeness (QED) is 0.459.